The molecule has 0 aromatic rings. The van der Waals surface area contributed by atoms with E-state index in [1.807, 2.05) is 0 Å². The molecule has 0 aliphatic heterocycles. The van der Waals surface area contributed by atoms with Crippen molar-refractivity contribution in [2.45, 2.75) is 19.1 Å². The van der Waals surface area contributed by atoms with Crippen LogP contribution in [0.15, 0.2) is 0 Å². The predicted octanol–water partition coefficient (Wildman–Crippen LogP) is -0.0566. The SMILES string of the molecule is COCCN(CC(CN)OC)C(C)COC. The third-order valence-electron chi connectivity index (χ3n) is 2.65. The molecule has 98 valence electrons. The minimum Gasteiger partial charge on any atom is -0.383 e. The monoisotopic (exact) mass is 234 g/mol. The lowest BCUT2D eigenvalue weighted by molar-refractivity contribution is 0.0236. The van der Waals surface area contributed by atoms with E-state index in [2.05, 4.69) is 11.8 Å². The van der Waals surface area contributed by atoms with Crippen LogP contribution in [0.5, 0.6) is 0 Å². The standard InChI is InChI=1S/C11H26N2O3/c1-10(9-15-3)13(5-6-14-2)8-11(7-12)16-4/h10-11H,5-9,12H2,1-4H3. The van der Waals surface area contributed by atoms with Crippen LogP contribution in [0.1, 0.15) is 6.92 Å². The first-order valence-electron chi connectivity index (χ1n) is 5.64. The first-order valence-corrected chi connectivity index (χ1v) is 5.64. The zero-order valence-electron chi connectivity index (χ0n) is 10.9. The molecule has 0 radical (unpaired) electrons. The van der Waals surface area contributed by atoms with Crippen molar-refractivity contribution < 1.29 is 14.2 Å². The van der Waals surface area contributed by atoms with Crippen LogP contribution < -0.4 is 5.73 Å². The highest BCUT2D eigenvalue weighted by molar-refractivity contribution is 4.72. The summed E-state index contributed by atoms with van der Waals surface area (Å²) in [6.07, 6.45) is 0.0659. The van der Waals surface area contributed by atoms with Crippen LogP contribution in [0.3, 0.4) is 0 Å². The highest BCUT2D eigenvalue weighted by Gasteiger charge is 2.17. The molecule has 0 bridgehead atoms. The molecule has 0 aliphatic carbocycles. The van der Waals surface area contributed by atoms with Gasteiger partial charge in [-0.3, -0.25) is 4.90 Å². The maximum atomic E-state index is 5.62. The Morgan fingerprint density at radius 1 is 1.19 bits per heavy atom. The minimum atomic E-state index is 0.0659. The third-order valence-corrected chi connectivity index (χ3v) is 2.65. The quantitative estimate of drug-likeness (QED) is 0.574. The van der Waals surface area contributed by atoms with Crippen molar-refractivity contribution in [1.29, 1.82) is 0 Å². The fraction of sp³-hybridized carbons (Fsp3) is 1.00. The van der Waals surface area contributed by atoms with E-state index in [-0.39, 0.29) is 6.10 Å². The molecule has 0 aromatic carbocycles. The number of rotatable bonds is 10. The summed E-state index contributed by atoms with van der Waals surface area (Å²) < 4.78 is 15.5. The van der Waals surface area contributed by atoms with Gasteiger partial charge in [-0.1, -0.05) is 0 Å². The summed E-state index contributed by atoms with van der Waals surface area (Å²) in [6.45, 7) is 5.73. The Hall–Kier alpha value is -0.200. The summed E-state index contributed by atoms with van der Waals surface area (Å²) in [6, 6.07) is 0.337. The Bertz CT molecular complexity index is 154. The Kier molecular flexibility index (Phi) is 9.86. The van der Waals surface area contributed by atoms with Gasteiger partial charge < -0.3 is 19.9 Å². The zero-order chi connectivity index (χ0) is 12.4. The molecule has 16 heavy (non-hydrogen) atoms. The molecule has 5 heteroatoms. The molecule has 0 heterocycles. The van der Waals surface area contributed by atoms with Crippen LogP contribution in [-0.4, -0.2) is 71.2 Å². The minimum absolute atomic E-state index is 0.0659. The Morgan fingerprint density at radius 3 is 2.31 bits per heavy atom. The lowest BCUT2D eigenvalue weighted by Crippen LogP contribution is -2.45. The normalized spacial score (nSPS) is 15.4. The van der Waals surface area contributed by atoms with Gasteiger partial charge >= 0.3 is 0 Å². The second kappa shape index (κ2) is 9.99. The van der Waals surface area contributed by atoms with Gasteiger partial charge in [-0.05, 0) is 6.92 Å². The summed E-state index contributed by atoms with van der Waals surface area (Å²) in [7, 11) is 5.10. The Balaban J connectivity index is 4.16. The van der Waals surface area contributed by atoms with E-state index in [1.165, 1.54) is 0 Å². The average Bonchev–Trinajstić information content (AvgIpc) is 2.30. The van der Waals surface area contributed by atoms with Crippen LogP contribution in [0.2, 0.25) is 0 Å². The Morgan fingerprint density at radius 2 is 1.88 bits per heavy atom. The van der Waals surface area contributed by atoms with Crippen molar-refractivity contribution in [1.82, 2.24) is 4.90 Å². The zero-order valence-corrected chi connectivity index (χ0v) is 10.9. The van der Waals surface area contributed by atoms with Crippen LogP contribution in [-0.2, 0) is 14.2 Å². The number of ether oxygens (including phenoxy) is 3. The topological polar surface area (TPSA) is 57.0 Å². The number of hydrogen-bond donors (Lipinski definition) is 1. The average molecular weight is 234 g/mol. The molecule has 2 N–H and O–H groups in total. The summed E-state index contributed by atoms with van der Waals surface area (Å²) in [5, 5.41) is 0. The van der Waals surface area contributed by atoms with Gasteiger partial charge in [0.15, 0.2) is 0 Å². The van der Waals surface area contributed by atoms with Crippen molar-refractivity contribution in [3.63, 3.8) is 0 Å². The van der Waals surface area contributed by atoms with Crippen molar-refractivity contribution in [3.8, 4) is 0 Å². The fourth-order valence-electron chi connectivity index (χ4n) is 1.55. The summed E-state index contributed by atoms with van der Waals surface area (Å²) in [4.78, 5) is 2.27. The van der Waals surface area contributed by atoms with Crippen molar-refractivity contribution in [2.75, 3.05) is 54.2 Å². The van der Waals surface area contributed by atoms with E-state index in [0.717, 1.165) is 13.1 Å². The van der Waals surface area contributed by atoms with Gasteiger partial charge in [-0.15, -0.1) is 0 Å². The molecule has 0 saturated heterocycles. The lowest BCUT2D eigenvalue weighted by Gasteiger charge is -2.31. The predicted molar refractivity (Wildman–Crippen MR) is 64.6 cm³/mol. The first-order chi connectivity index (χ1) is 7.69. The van der Waals surface area contributed by atoms with E-state index < -0.39 is 0 Å². The summed E-state index contributed by atoms with van der Waals surface area (Å²) in [5.41, 5.74) is 5.62. The molecule has 0 rings (SSSR count). The highest BCUT2D eigenvalue weighted by atomic mass is 16.5. The van der Waals surface area contributed by atoms with Crippen LogP contribution >= 0.6 is 0 Å². The molecular weight excluding hydrogens is 208 g/mol. The molecule has 2 unspecified atom stereocenters. The molecular formula is C11H26N2O3. The molecule has 0 fully saturated rings. The van der Waals surface area contributed by atoms with Gasteiger partial charge in [0.1, 0.15) is 0 Å². The van der Waals surface area contributed by atoms with E-state index in [4.69, 9.17) is 19.9 Å². The van der Waals surface area contributed by atoms with Crippen molar-refractivity contribution >= 4 is 0 Å². The number of methoxy groups -OCH3 is 3. The van der Waals surface area contributed by atoms with E-state index in [9.17, 15) is 0 Å². The van der Waals surface area contributed by atoms with Gasteiger partial charge in [-0.25, -0.2) is 0 Å². The maximum Gasteiger partial charge on any atom is 0.0820 e. The van der Waals surface area contributed by atoms with Crippen LogP contribution in [0.4, 0.5) is 0 Å². The van der Waals surface area contributed by atoms with Gasteiger partial charge in [0.25, 0.3) is 0 Å². The number of nitrogens with two attached hydrogens (primary N) is 1. The number of hydrogen-bond acceptors (Lipinski definition) is 5. The van der Waals surface area contributed by atoms with Gasteiger partial charge in [0.05, 0.1) is 19.3 Å². The summed E-state index contributed by atoms with van der Waals surface area (Å²) in [5.74, 6) is 0. The molecule has 0 aromatic heterocycles. The molecule has 0 amide bonds. The molecule has 2 atom stereocenters. The molecule has 0 spiro atoms. The smallest absolute Gasteiger partial charge is 0.0820 e. The van der Waals surface area contributed by atoms with E-state index in [0.29, 0.717) is 25.8 Å². The van der Waals surface area contributed by atoms with E-state index >= 15 is 0 Å². The first kappa shape index (κ1) is 15.8. The summed E-state index contributed by atoms with van der Waals surface area (Å²) >= 11 is 0. The fourth-order valence-corrected chi connectivity index (χ4v) is 1.55. The second-order valence-electron chi connectivity index (χ2n) is 3.89. The van der Waals surface area contributed by atoms with Crippen molar-refractivity contribution in [3.05, 3.63) is 0 Å². The maximum absolute atomic E-state index is 5.62. The van der Waals surface area contributed by atoms with Crippen LogP contribution in [0.25, 0.3) is 0 Å². The number of nitrogens with zero attached hydrogens (tertiary/aromatic N) is 1. The highest BCUT2D eigenvalue weighted by Crippen LogP contribution is 2.03. The molecule has 0 aliphatic rings. The lowest BCUT2D eigenvalue weighted by atomic mass is 10.2. The third kappa shape index (κ3) is 6.40. The second-order valence-corrected chi connectivity index (χ2v) is 3.89. The largest absolute Gasteiger partial charge is 0.383 e. The molecule has 5 nitrogen and oxygen atoms in total. The molecule has 0 saturated carbocycles. The van der Waals surface area contributed by atoms with Gasteiger partial charge in [0.2, 0.25) is 0 Å². The van der Waals surface area contributed by atoms with Crippen LogP contribution in [0, 0.1) is 0 Å². The van der Waals surface area contributed by atoms with Crippen molar-refractivity contribution in [2.24, 2.45) is 5.73 Å². The van der Waals surface area contributed by atoms with Gasteiger partial charge in [-0.2, -0.15) is 0 Å². The Labute approximate surface area is 98.8 Å². The van der Waals surface area contributed by atoms with E-state index in [1.54, 1.807) is 21.3 Å². The van der Waals surface area contributed by atoms with Gasteiger partial charge in [0, 0.05) is 47.0 Å².